The van der Waals surface area contributed by atoms with Gasteiger partial charge in [0.25, 0.3) is 0 Å². The molecule has 0 radical (unpaired) electrons. The highest BCUT2D eigenvalue weighted by molar-refractivity contribution is 5.02. The average Bonchev–Trinajstić information content (AvgIpc) is 1.98. The van der Waals surface area contributed by atoms with Crippen LogP contribution in [0.1, 0.15) is 47.5 Å². The Labute approximate surface area is 71.7 Å². The summed E-state index contributed by atoms with van der Waals surface area (Å²) < 4.78 is 0. The first-order valence-electron chi connectivity index (χ1n) is 4.76. The topological polar surface area (TPSA) is 0 Å². The lowest BCUT2D eigenvalue weighted by molar-refractivity contribution is 0.410. The Kier molecular flexibility index (Phi) is 5.27. The van der Waals surface area contributed by atoms with Crippen LogP contribution in [0.3, 0.4) is 0 Å². The minimum absolute atomic E-state index is 0.797. The van der Waals surface area contributed by atoms with Crippen molar-refractivity contribution >= 4 is 0 Å². The highest BCUT2D eigenvalue weighted by atomic mass is 14.2. The van der Waals surface area contributed by atoms with Crippen LogP contribution in [0.15, 0.2) is 11.6 Å². The third-order valence-corrected chi connectivity index (χ3v) is 2.44. The van der Waals surface area contributed by atoms with Crippen molar-refractivity contribution in [2.75, 3.05) is 0 Å². The minimum Gasteiger partial charge on any atom is -0.0884 e. The standard InChI is InChI=1S/C11H22/c1-6-8-11(9(3)4)10(5)7-2/h7,9,11H,6,8H2,1-5H3/b10-7-/t11-/m1/s1. The van der Waals surface area contributed by atoms with Crippen molar-refractivity contribution in [1.82, 2.24) is 0 Å². The first-order valence-corrected chi connectivity index (χ1v) is 4.76. The summed E-state index contributed by atoms with van der Waals surface area (Å²) in [5.74, 6) is 1.61. The number of hydrogen-bond donors (Lipinski definition) is 0. The molecule has 0 N–H and O–H groups in total. The van der Waals surface area contributed by atoms with Crippen LogP contribution in [0, 0.1) is 11.8 Å². The second-order valence-electron chi connectivity index (χ2n) is 3.67. The van der Waals surface area contributed by atoms with Crippen LogP contribution < -0.4 is 0 Å². The van der Waals surface area contributed by atoms with Crippen molar-refractivity contribution in [2.45, 2.75) is 47.5 Å². The fraction of sp³-hybridized carbons (Fsp3) is 0.818. The van der Waals surface area contributed by atoms with Crippen molar-refractivity contribution in [3.8, 4) is 0 Å². The SMILES string of the molecule is C/C=C(/C)[C@H](CCC)C(C)C. The van der Waals surface area contributed by atoms with Crippen LogP contribution >= 0.6 is 0 Å². The summed E-state index contributed by atoms with van der Waals surface area (Å²) in [5, 5.41) is 0. The second kappa shape index (κ2) is 5.40. The Morgan fingerprint density at radius 3 is 2.18 bits per heavy atom. The molecule has 0 amide bonds. The van der Waals surface area contributed by atoms with Gasteiger partial charge < -0.3 is 0 Å². The molecule has 0 aliphatic rings. The van der Waals surface area contributed by atoms with E-state index >= 15 is 0 Å². The van der Waals surface area contributed by atoms with Crippen LogP contribution in [-0.2, 0) is 0 Å². The van der Waals surface area contributed by atoms with Crippen molar-refractivity contribution in [3.63, 3.8) is 0 Å². The number of rotatable bonds is 4. The molecule has 0 spiro atoms. The average molecular weight is 154 g/mol. The van der Waals surface area contributed by atoms with E-state index in [0.717, 1.165) is 11.8 Å². The van der Waals surface area contributed by atoms with E-state index in [1.807, 2.05) is 0 Å². The molecule has 0 heterocycles. The maximum Gasteiger partial charge on any atom is -0.0183 e. The second-order valence-corrected chi connectivity index (χ2v) is 3.67. The first-order chi connectivity index (χ1) is 5.13. The fourth-order valence-electron chi connectivity index (χ4n) is 1.61. The van der Waals surface area contributed by atoms with Gasteiger partial charge in [0, 0.05) is 0 Å². The molecule has 0 aliphatic heterocycles. The predicted molar refractivity (Wildman–Crippen MR) is 52.7 cm³/mol. The summed E-state index contributed by atoms with van der Waals surface area (Å²) in [6.07, 6.45) is 4.89. The zero-order valence-electron chi connectivity index (χ0n) is 8.65. The van der Waals surface area contributed by atoms with Gasteiger partial charge in [0.2, 0.25) is 0 Å². The van der Waals surface area contributed by atoms with Crippen LogP contribution in [0.25, 0.3) is 0 Å². The van der Waals surface area contributed by atoms with Crippen LogP contribution in [-0.4, -0.2) is 0 Å². The molecule has 0 bridgehead atoms. The normalized spacial score (nSPS) is 15.6. The van der Waals surface area contributed by atoms with E-state index in [4.69, 9.17) is 0 Å². The molecule has 0 nitrogen and oxygen atoms in total. The fourth-order valence-corrected chi connectivity index (χ4v) is 1.61. The Bertz CT molecular complexity index is 120. The summed E-state index contributed by atoms with van der Waals surface area (Å²) in [5.41, 5.74) is 1.56. The van der Waals surface area contributed by atoms with Crippen molar-refractivity contribution in [2.24, 2.45) is 11.8 Å². The molecular formula is C11H22. The third-order valence-electron chi connectivity index (χ3n) is 2.44. The number of hydrogen-bond acceptors (Lipinski definition) is 0. The smallest absolute Gasteiger partial charge is 0.0183 e. The Morgan fingerprint density at radius 2 is 1.91 bits per heavy atom. The van der Waals surface area contributed by atoms with E-state index in [1.165, 1.54) is 12.8 Å². The molecule has 11 heavy (non-hydrogen) atoms. The van der Waals surface area contributed by atoms with Crippen LogP contribution in [0.4, 0.5) is 0 Å². The highest BCUT2D eigenvalue weighted by Crippen LogP contribution is 2.24. The lowest BCUT2D eigenvalue weighted by atomic mass is 9.85. The lowest BCUT2D eigenvalue weighted by Crippen LogP contribution is -2.09. The van der Waals surface area contributed by atoms with Gasteiger partial charge in [0.1, 0.15) is 0 Å². The number of allylic oxidation sites excluding steroid dienone is 2. The van der Waals surface area contributed by atoms with Gasteiger partial charge in [-0.1, -0.05) is 38.8 Å². The van der Waals surface area contributed by atoms with Gasteiger partial charge in [-0.3, -0.25) is 0 Å². The third kappa shape index (κ3) is 3.60. The van der Waals surface area contributed by atoms with Crippen LogP contribution in [0.5, 0.6) is 0 Å². The zero-order valence-corrected chi connectivity index (χ0v) is 8.65. The largest absolute Gasteiger partial charge is 0.0884 e. The summed E-state index contributed by atoms with van der Waals surface area (Å²) in [6, 6.07) is 0. The molecule has 0 saturated heterocycles. The minimum atomic E-state index is 0.797. The summed E-state index contributed by atoms with van der Waals surface area (Å²) >= 11 is 0. The maximum absolute atomic E-state index is 2.31. The first kappa shape index (κ1) is 10.7. The summed E-state index contributed by atoms with van der Waals surface area (Å²) in [4.78, 5) is 0. The van der Waals surface area contributed by atoms with Gasteiger partial charge in [-0.15, -0.1) is 0 Å². The zero-order chi connectivity index (χ0) is 8.85. The predicted octanol–water partition coefficient (Wildman–Crippen LogP) is 4.02. The molecule has 66 valence electrons. The molecule has 0 heteroatoms. The Morgan fingerprint density at radius 1 is 1.36 bits per heavy atom. The molecule has 0 rings (SSSR count). The van der Waals surface area contributed by atoms with Gasteiger partial charge in [0.05, 0.1) is 0 Å². The molecule has 0 aliphatic carbocycles. The van der Waals surface area contributed by atoms with E-state index in [9.17, 15) is 0 Å². The lowest BCUT2D eigenvalue weighted by Gasteiger charge is -2.20. The molecule has 0 saturated carbocycles. The van der Waals surface area contributed by atoms with Crippen molar-refractivity contribution in [3.05, 3.63) is 11.6 Å². The van der Waals surface area contributed by atoms with Gasteiger partial charge in [0.15, 0.2) is 0 Å². The molecule has 0 aromatic carbocycles. The van der Waals surface area contributed by atoms with Crippen LogP contribution in [0.2, 0.25) is 0 Å². The van der Waals surface area contributed by atoms with E-state index in [-0.39, 0.29) is 0 Å². The molecule has 0 aromatic rings. The maximum atomic E-state index is 2.31. The summed E-state index contributed by atoms with van der Waals surface area (Å²) in [6.45, 7) is 11.3. The van der Waals surface area contributed by atoms with E-state index in [1.54, 1.807) is 5.57 Å². The molecule has 0 unspecified atom stereocenters. The van der Waals surface area contributed by atoms with E-state index in [2.05, 4.69) is 40.7 Å². The molecule has 0 aromatic heterocycles. The van der Waals surface area contributed by atoms with E-state index < -0.39 is 0 Å². The summed E-state index contributed by atoms with van der Waals surface area (Å²) in [7, 11) is 0. The van der Waals surface area contributed by atoms with Gasteiger partial charge in [-0.2, -0.15) is 0 Å². The molecule has 0 fully saturated rings. The Hall–Kier alpha value is -0.260. The Balaban J connectivity index is 4.10. The van der Waals surface area contributed by atoms with Crippen molar-refractivity contribution in [1.29, 1.82) is 0 Å². The van der Waals surface area contributed by atoms with Crippen molar-refractivity contribution < 1.29 is 0 Å². The molecule has 1 atom stereocenters. The van der Waals surface area contributed by atoms with Gasteiger partial charge >= 0.3 is 0 Å². The van der Waals surface area contributed by atoms with Gasteiger partial charge in [-0.05, 0) is 32.1 Å². The monoisotopic (exact) mass is 154 g/mol. The van der Waals surface area contributed by atoms with E-state index in [0.29, 0.717) is 0 Å². The van der Waals surface area contributed by atoms with Gasteiger partial charge in [-0.25, -0.2) is 0 Å². The molecular weight excluding hydrogens is 132 g/mol. The quantitative estimate of drug-likeness (QED) is 0.536. The highest BCUT2D eigenvalue weighted by Gasteiger charge is 2.12.